The van der Waals surface area contributed by atoms with Gasteiger partial charge in [0.05, 0.1) is 17.6 Å². The van der Waals surface area contributed by atoms with Crippen LogP contribution in [-0.4, -0.2) is 55.8 Å². The molecule has 0 aliphatic carbocycles. The summed E-state index contributed by atoms with van der Waals surface area (Å²) in [6, 6.07) is 11.9. The molecule has 2 heterocycles. The van der Waals surface area contributed by atoms with Crippen molar-refractivity contribution in [3.8, 4) is 22.6 Å². The van der Waals surface area contributed by atoms with Gasteiger partial charge in [-0.2, -0.15) is 0 Å². The molecule has 1 N–H and O–H groups in total. The lowest BCUT2D eigenvalue weighted by molar-refractivity contribution is 0.285. The Balaban J connectivity index is 1.68. The molecule has 2 aromatic carbocycles. The Kier molecular flexibility index (Phi) is 6.02. The number of benzene rings is 2. The predicted octanol–water partition coefficient (Wildman–Crippen LogP) is 5.05. The van der Waals surface area contributed by atoms with E-state index >= 15 is 0 Å². The standard InChI is InChI=1S/C24H28ClN3O2/c1-27(2)15-16-7-10-28(11-8-16)22-6-9-26-21-5-4-17(12-19(21)22)18-13-20(25)24(29)23(14-18)30-3/h4-6,9,12-14,16,29H,7-8,10-11,15H2,1-3H3. The number of anilines is 1. The molecule has 3 aromatic rings. The molecule has 0 saturated carbocycles. The van der Waals surface area contributed by atoms with Crippen LogP contribution in [-0.2, 0) is 0 Å². The highest BCUT2D eigenvalue weighted by atomic mass is 35.5. The first-order chi connectivity index (χ1) is 14.5. The number of methoxy groups -OCH3 is 1. The van der Waals surface area contributed by atoms with Gasteiger partial charge in [-0.3, -0.25) is 4.98 Å². The molecule has 4 rings (SSSR count). The second kappa shape index (κ2) is 8.70. The second-order valence-electron chi connectivity index (χ2n) is 8.26. The summed E-state index contributed by atoms with van der Waals surface area (Å²) in [7, 11) is 5.82. The van der Waals surface area contributed by atoms with Gasteiger partial charge < -0.3 is 19.6 Å². The van der Waals surface area contributed by atoms with Crippen molar-refractivity contribution in [1.29, 1.82) is 0 Å². The van der Waals surface area contributed by atoms with Crippen molar-refractivity contribution in [3.63, 3.8) is 0 Å². The SMILES string of the molecule is COc1cc(-c2ccc3nccc(N4CCC(CN(C)C)CC4)c3c2)cc(Cl)c1O. The molecule has 0 bridgehead atoms. The number of piperidine rings is 1. The van der Waals surface area contributed by atoms with Crippen molar-refractivity contribution in [2.24, 2.45) is 5.92 Å². The number of ether oxygens (including phenoxy) is 1. The number of phenols is 1. The average Bonchev–Trinajstić information content (AvgIpc) is 2.75. The van der Waals surface area contributed by atoms with Gasteiger partial charge in [-0.1, -0.05) is 17.7 Å². The lowest BCUT2D eigenvalue weighted by Gasteiger charge is -2.35. The predicted molar refractivity (Wildman–Crippen MR) is 124 cm³/mol. The van der Waals surface area contributed by atoms with Crippen LogP contribution in [0.3, 0.4) is 0 Å². The highest BCUT2D eigenvalue weighted by molar-refractivity contribution is 6.32. The van der Waals surface area contributed by atoms with Crippen LogP contribution in [0, 0.1) is 5.92 Å². The molecule has 1 aliphatic heterocycles. The van der Waals surface area contributed by atoms with Crippen LogP contribution in [0.2, 0.25) is 5.02 Å². The van der Waals surface area contributed by atoms with E-state index in [1.165, 1.54) is 25.6 Å². The molecule has 1 saturated heterocycles. The van der Waals surface area contributed by atoms with Crippen LogP contribution in [0.1, 0.15) is 12.8 Å². The number of pyridine rings is 1. The fourth-order valence-electron chi connectivity index (χ4n) is 4.36. The maximum atomic E-state index is 10.1. The molecule has 1 aromatic heterocycles. The maximum absolute atomic E-state index is 10.1. The summed E-state index contributed by atoms with van der Waals surface area (Å²) in [5.41, 5.74) is 4.11. The Labute approximate surface area is 182 Å². The Morgan fingerprint density at radius 2 is 1.90 bits per heavy atom. The number of phenolic OH excluding ortho intramolecular Hbond substituents is 1. The first-order valence-corrected chi connectivity index (χ1v) is 10.7. The molecular weight excluding hydrogens is 398 g/mol. The van der Waals surface area contributed by atoms with Crippen LogP contribution in [0.25, 0.3) is 22.0 Å². The van der Waals surface area contributed by atoms with E-state index in [2.05, 4.69) is 41.0 Å². The monoisotopic (exact) mass is 425 g/mol. The number of hydrogen-bond donors (Lipinski definition) is 1. The normalized spacial score (nSPS) is 15.2. The minimum absolute atomic E-state index is 0.0355. The first kappa shape index (κ1) is 20.8. The zero-order valence-corrected chi connectivity index (χ0v) is 18.5. The van der Waals surface area contributed by atoms with E-state index in [0.717, 1.165) is 47.6 Å². The molecule has 30 heavy (non-hydrogen) atoms. The topological polar surface area (TPSA) is 48.8 Å². The highest BCUT2D eigenvalue weighted by Gasteiger charge is 2.21. The quantitative estimate of drug-likeness (QED) is 0.620. The fourth-order valence-corrected chi connectivity index (χ4v) is 4.57. The average molecular weight is 426 g/mol. The number of hydrogen-bond acceptors (Lipinski definition) is 5. The van der Waals surface area contributed by atoms with Crippen LogP contribution in [0.4, 0.5) is 5.69 Å². The lowest BCUT2D eigenvalue weighted by atomic mass is 9.95. The number of nitrogens with zero attached hydrogens (tertiary/aromatic N) is 3. The van der Waals surface area contributed by atoms with E-state index in [9.17, 15) is 5.11 Å². The Morgan fingerprint density at radius 1 is 1.13 bits per heavy atom. The van der Waals surface area contributed by atoms with Crippen molar-refractivity contribution in [1.82, 2.24) is 9.88 Å². The summed E-state index contributed by atoms with van der Waals surface area (Å²) in [4.78, 5) is 9.33. The number of aromatic nitrogens is 1. The summed E-state index contributed by atoms with van der Waals surface area (Å²) in [5.74, 6) is 1.09. The molecule has 0 spiro atoms. The van der Waals surface area contributed by atoms with E-state index < -0.39 is 0 Å². The van der Waals surface area contributed by atoms with Crippen molar-refractivity contribution in [2.45, 2.75) is 12.8 Å². The van der Waals surface area contributed by atoms with Crippen LogP contribution in [0.5, 0.6) is 11.5 Å². The number of halogens is 1. The number of rotatable bonds is 5. The van der Waals surface area contributed by atoms with Gasteiger partial charge in [-0.15, -0.1) is 0 Å². The molecule has 158 valence electrons. The third-order valence-corrected chi connectivity index (χ3v) is 6.17. The summed E-state index contributed by atoms with van der Waals surface area (Å²) < 4.78 is 5.27. The largest absolute Gasteiger partial charge is 0.503 e. The van der Waals surface area contributed by atoms with Gasteiger partial charge in [-0.25, -0.2) is 0 Å². The van der Waals surface area contributed by atoms with Gasteiger partial charge in [0.1, 0.15) is 0 Å². The molecule has 0 unspecified atom stereocenters. The fraction of sp³-hybridized carbons (Fsp3) is 0.375. The lowest BCUT2D eigenvalue weighted by Crippen LogP contribution is -2.37. The van der Waals surface area contributed by atoms with E-state index in [1.807, 2.05) is 24.4 Å². The molecule has 5 nitrogen and oxygen atoms in total. The van der Waals surface area contributed by atoms with Crippen LogP contribution in [0.15, 0.2) is 42.6 Å². The summed E-state index contributed by atoms with van der Waals surface area (Å²) in [6.45, 7) is 3.26. The van der Waals surface area contributed by atoms with Crippen molar-refractivity contribution in [2.75, 3.05) is 45.7 Å². The van der Waals surface area contributed by atoms with Crippen LogP contribution >= 0.6 is 11.6 Å². The van der Waals surface area contributed by atoms with E-state index in [4.69, 9.17) is 16.3 Å². The van der Waals surface area contributed by atoms with Crippen molar-refractivity contribution in [3.05, 3.63) is 47.6 Å². The van der Waals surface area contributed by atoms with Crippen molar-refractivity contribution >= 4 is 28.2 Å². The summed E-state index contributed by atoms with van der Waals surface area (Å²) >= 11 is 6.21. The minimum atomic E-state index is -0.0355. The smallest absolute Gasteiger partial charge is 0.176 e. The molecule has 6 heteroatoms. The van der Waals surface area contributed by atoms with E-state index in [1.54, 1.807) is 6.07 Å². The van der Waals surface area contributed by atoms with Gasteiger partial charge in [0.25, 0.3) is 0 Å². The molecular formula is C24H28ClN3O2. The summed E-state index contributed by atoms with van der Waals surface area (Å²) in [6.07, 6.45) is 4.29. The molecule has 1 aliphatic rings. The third kappa shape index (κ3) is 4.18. The zero-order valence-electron chi connectivity index (χ0n) is 17.7. The van der Waals surface area contributed by atoms with E-state index in [0.29, 0.717) is 5.75 Å². The Hall–Kier alpha value is -2.50. The Bertz CT molecular complexity index is 1050. The van der Waals surface area contributed by atoms with E-state index in [-0.39, 0.29) is 10.8 Å². The molecule has 0 amide bonds. The van der Waals surface area contributed by atoms with Crippen molar-refractivity contribution < 1.29 is 9.84 Å². The highest BCUT2D eigenvalue weighted by Crippen LogP contribution is 2.39. The maximum Gasteiger partial charge on any atom is 0.176 e. The van der Waals surface area contributed by atoms with Gasteiger partial charge in [0.15, 0.2) is 11.5 Å². The molecule has 0 atom stereocenters. The van der Waals surface area contributed by atoms with Gasteiger partial charge >= 0.3 is 0 Å². The zero-order chi connectivity index (χ0) is 21.3. The summed E-state index contributed by atoms with van der Waals surface area (Å²) in [5, 5.41) is 11.5. The molecule has 0 radical (unpaired) electrons. The van der Waals surface area contributed by atoms with Crippen LogP contribution < -0.4 is 9.64 Å². The van der Waals surface area contributed by atoms with Gasteiger partial charge in [0, 0.05) is 36.9 Å². The minimum Gasteiger partial charge on any atom is -0.503 e. The third-order valence-electron chi connectivity index (χ3n) is 5.88. The van der Waals surface area contributed by atoms with Gasteiger partial charge in [0.2, 0.25) is 0 Å². The number of fused-ring (bicyclic) bond motifs is 1. The van der Waals surface area contributed by atoms with Gasteiger partial charge in [-0.05, 0) is 74.3 Å². The molecule has 1 fully saturated rings. The Morgan fingerprint density at radius 3 is 2.60 bits per heavy atom. The first-order valence-electron chi connectivity index (χ1n) is 10.3. The number of aromatic hydroxyl groups is 1. The second-order valence-corrected chi connectivity index (χ2v) is 8.67.